The first-order chi connectivity index (χ1) is 13.3. The first-order valence-electron chi connectivity index (χ1n) is 9.34. The fraction of sp³-hybridized carbons (Fsp3) is 0.526. The van der Waals surface area contributed by atoms with Crippen molar-refractivity contribution in [2.24, 2.45) is 5.92 Å². The first kappa shape index (κ1) is 20.5. The minimum absolute atomic E-state index is 0.0676. The zero-order valence-electron chi connectivity index (χ0n) is 15.7. The number of carbonyl (C=O) groups excluding carboxylic acids is 3. The maximum absolute atomic E-state index is 12.8. The molecule has 1 saturated carbocycles. The van der Waals surface area contributed by atoms with Crippen molar-refractivity contribution in [2.45, 2.75) is 43.5 Å². The van der Waals surface area contributed by atoms with Crippen molar-refractivity contribution in [3.8, 4) is 0 Å². The summed E-state index contributed by atoms with van der Waals surface area (Å²) in [6.07, 6.45) is 2.58. The summed E-state index contributed by atoms with van der Waals surface area (Å²) >= 11 is 0. The van der Waals surface area contributed by atoms with E-state index in [4.69, 9.17) is 4.74 Å². The van der Waals surface area contributed by atoms with Crippen LogP contribution in [0, 0.1) is 5.92 Å². The molecule has 9 heteroatoms. The summed E-state index contributed by atoms with van der Waals surface area (Å²) in [6.45, 7) is 1.45. The number of nitrogens with one attached hydrogen (secondary N) is 1. The molecule has 1 amide bonds. The van der Waals surface area contributed by atoms with E-state index in [0.29, 0.717) is 18.4 Å². The maximum atomic E-state index is 12.8. The van der Waals surface area contributed by atoms with E-state index in [1.54, 1.807) is 12.1 Å². The molecule has 1 aromatic carbocycles. The second-order valence-corrected chi connectivity index (χ2v) is 9.15. The molecule has 1 aliphatic heterocycles. The number of ketones is 1. The third-order valence-corrected chi connectivity index (χ3v) is 6.85. The Bertz CT molecular complexity index is 870. The van der Waals surface area contributed by atoms with Gasteiger partial charge in [-0.3, -0.25) is 14.4 Å². The molecular formula is C19H24N2O6S. The van der Waals surface area contributed by atoms with Gasteiger partial charge >= 0.3 is 5.97 Å². The van der Waals surface area contributed by atoms with Crippen LogP contribution in [0.4, 0.5) is 0 Å². The van der Waals surface area contributed by atoms with E-state index < -0.39 is 21.9 Å². The molecule has 8 nitrogen and oxygen atoms in total. The summed E-state index contributed by atoms with van der Waals surface area (Å²) in [5.41, 5.74) is 0.337. The van der Waals surface area contributed by atoms with Crippen LogP contribution in [-0.2, 0) is 24.3 Å². The van der Waals surface area contributed by atoms with Crippen LogP contribution < -0.4 is 5.32 Å². The minimum atomic E-state index is -3.73. The number of benzene rings is 1. The van der Waals surface area contributed by atoms with E-state index in [1.165, 1.54) is 23.4 Å². The molecule has 1 N–H and O–H groups in total. The second-order valence-electron chi connectivity index (χ2n) is 7.21. The van der Waals surface area contributed by atoms with Crippen molar-refractivity contribution in [3.05, 3.63) is 29.8 Å². The quantitative estimate of drug-likeness (QED) is 0.535. The van der Waals surface area contributed by atoms with Crippen LogP contribution in [0.1, 0.15) is 43.0 Å². The van der Waals surface area contributed by atoms with Crippen molar-refractivity contribution in [1.29, 1.82) is 0 Å². The van der Waals surface area contributed by atoms with Crippen molar-refractivity contribution < 1.29 is 27.5 Å². The zero-order chi connectivity index (χ0) is 20.3. The number of sulfonamides is 1. The topological polar surface area (TPSA) is 110 Å². The van der Waals surface area contributed by atoms with E-state index in [1.807, 2.05) is 0 Å². The summed E-state index contributed by atoms with van der Waals surface area (Å²) in [7, 11) is -3.73. The molecule has 1 heterocycles. The molecule has 28 heavy (non-hydrogen) atoms. The zero-order valence-corrected chi connectivity index (χ0v) is 16.5. The predicted molar refractivity (Wildman–Crippen MR) is 100 cm³/mol. The van der Waals surface area contributed by atoms with Gasteiger partial charge in [0.1, 0.15) is 0 Å². The summed E-state index contributed by atoms with van der Waals surface area (Å²) in [4.78, 5) is 35.3. The monoisotopic (exact) mass is 408 g/mol. The number of ether oxygens (including phenoxy) is 1. The SMILES string of the molecule is CC(=O)c1cccc(S(=O)(=O)N2CCC(C(=O)OCC(=O)NC3CC3)CC2)c1. The lowest BCUT2D eigenvalue weighted by Crippen LogP contribution is -2.41. The molecule has 2 aliphatic rings. The van der Waals surface area contributed by atoms with Crippen LogP contribution >= 0.6 is 0 Å². The Hall–Kier alpha value is -2.26. The molecule has 152 valence electrons. The molecule has 2 fully saturated rings. The standard InChI is InChI=1S/C19H24N2O6S/c1-13(22)15-3-2-4-17(11-15)28(25,26)21-9-7-14(8-10-21)19(24)27-12-18(23)20-16-5-6-16/h2-4,11,14,16H,5-10,12H2,1H3,(H,20,23). The van der Waals surface area contributed by atoms with Gasteiger partial charge in [-0.15, -0.1) is 0 Å². The lowest BCUT2D eigenvalue weighted by Gasteiger charge is -2.30. The summed E-state index contributed by atoms with van der Waals surface area (Å²) in [5, 5.41) is 2.74. The Morgan fingerprint density at radius 3 is 2.43 bits per heavy atom. The van der Waals surface area contributed by atoms with Gasteiger partial charge in [-0.25, -0.2) is 8.42 Å². The van der Waals surface area contributed by atoms with E-state index in [-0.39, 0.29) is 42.3 Å². The van der Waals surface area contributed by atoms with Crippen LogP contribution in [-0.4, -0.2) is 56.1 Å². The van der Waals surface area contributed by atoms with Gasteiger partial charge in [0, 0.05) is 24.7 Å². The normalized spacial score (nSPS) is 18.5. The third kappa shape index (κ3) is 4.96. The van der Waals surface area contributed by atoms with Gasteiger partial charge in [0.2, 0.25) is 10.0 Å². The first-order valence-corrected chi connectivity index (χ1v) is 10.8. The smallest absolute Gasteiger partial charge is 0.309 e. The molecule has 1 saturated heterocycles. The Morgan fingerprint density at radius 1 is 1.14 bits per heavy atom. The van der Waals surface area contributed by atoms with Crippen LogP contribution in [0.3, 0.4) is 0 Å². The Labute approximate surface area is 164 Å². The van der Waals surface area contributed by atoms with Crippen molar-refractivity contribution in [1.82, 2.24) is 9.62 Å². The molecular weight excluding hydrogens is 384 g/mol. The molecule has 1 aliphatic carbocycles. The fourth-order valence-corrected chi connectivity index (χ4v) is 4.62. The number of piperidine rings is 1. The highest BCUT2D eigenvalue weighted by molar-refractivity contribution is 7.89. The molecule has 0 atom stereocenters. The lowest BCUT2D eigenvalue weighted by atomic mass is 9.98. The fourth-order valence-electron chi connectivity index (χ4n) is 3.11. The highest BCUT2D eigenvalue weighted by atomic mass is 32.2. The average Bonchev–Trinajstić information content (AvgIpc) is 3.50. The summed E-state index contributed by atoms with van der Waals surface area (Å²) in [5.74, 6) is -1.41. The minimum Gasteiger partial charge on any atom is -0.455 e. The summed E-state index contributed by atoms with van der Waals surface area (Å²) < 4.78 is 32.0. The number of rotatable bonds is 7. The number of nitrogens with zero attached hydrogens (tertiary/aromatic N) is 1. The number of carbonyl (C=O) groups is 3. The van der Waals surface area contributed by atoms with E-state index >= 15 is 0 Å². The third-order valence-electron chi connectivity index (χ3n) is 4.95. The second kappa shape index (κ2) is 8.40. The van der Waals surface area contributed by atoms with E-state index in [9.17, 15) is 22.8 Å². The van der Waals surface area contributed by atoms with Gasteiger partial charge in [0.05, 0.1) is 10.8 Å². The van der Waals surface area contributed by atoms with E-state index in [2.05, 4.69) is 5.32 Å². The molecule has 0 bridgehead atoms. The van der Waals surface area contributed by atoms with Crippen LogP contribution in [0.2, 0.25) is 0 Å². The number of esters is 1. The number of amides is 1. The van der Waals surface area contributed by atoms with Crippen LogP contribution in [0.15, 0.2) is 29.2 Å². The highest BCUT2D eigenvalue weighted by Gasteiger charge is 2.33. The maximum Gasteiger partial charge on any atom is 0.309 e. The van der Waals surface area contributed by atoms with Crippen molar-refractivity contribution in [3.63, 3.8) is 0 Å². The highest BCUT2D eigenvalue weighted by Crippen LogP contribution is 2.25. The number of Topliss-reactive ketones (excluding diaryl/α,β-unsaturated/α-hetero) is 1. The van der Waals surface area contributed by atoms with Crippen molar-refractivity contribution in [2.75, 3.05) is 19.7 Å². The predicted octanol–water partition coefficient (Wildman–Crippen LogP) is 1.11. The molecule has 1 aromatic rings. The molecule has 0 radical (unpaired) electrons. The van der Waals surface area contributed by atoms with Gasteiger partial charge in [0.15, 0.2) is 12.4 Å². The summed E-state index contributed by atoms with van der Waals surface area (Å²) in [6, 6.07) is 6.15. The Balaban J connectivity index is 1.53. The molecule has 3 rings (SSSR count). The number of hydrogen-bond acceptors (Lipinski definition) is 6. The van der Waals surface area contributed by atoms with Crippen molar-refractivity contribution >= 4 is 27.7 Å². The van der Waals surface area contributed by atoms with Crippen LogP contribution in [0.5, 0.6) is 0 Å². The molecule has 0 aromatic heterocycles. The Morgan fingerprint density at radius 2 is 1.82 bits per heavy atom. The molecule has 0 spiro atoms. The largest absolute Gasteiger partial charge is 0.455 e. The average molecular weight is 408 g/mol. The number of hydrogen-bond donors (Lipinski definition) is 1. The Kier molecular flexibility index (Phi) is 6.14. The van der Waals surface area contributed by atoms with Gasteiger partial charge in [-0.1, -0.05) is 12.1 Å². The van der Waals surface area contributed by atoms with E-state index in [0.717, 1.165) is 12.8 Å². The molecule has 0 unspecified atom stereocenters. The van der Waals surface area contributed by atoms with Gasteiger partial charge in [-0.2, -0.15) is 4.31 Å². The van der Waals surface area contributed by atoms with Crippen LogP contribution in [0.25, 0.3) is 0 Å². The van der Waals surface area contributed by atoms with Gasteiger partial charge in [-0.05, 0) is 44.7 Å². The van der Waals surface area contributed by atoms with Gasteiger partial charge < -0.3 is 10.1 Å². The van der Waals surface area contributed by atoms with Gasteiger partial charge in [0.25, 0.3) is 5.91 Å². The lowest BCUT2D eigenvalue weighted by molar-refractivity contribution is -0.153.